The molecule has 1 saturated carbocycles. The summed E-state index contributed by atoms with van der Waals surface area (Å²) in [5, 5.41) is 11.1. The molecular weight excluding hydrogens is 244 g/mol. The van der Waals surface area contributed by atoms with Crippen LogP contribution in [0.1, 0.15) is 25.0 Å². The third kappa shape index (κ3) is 2.68. The Morgan fingerprint density at radius 3 is 2.89 bits per heavy atom. The Kier molecular flexibility index (Phi) is 3.99. The molecule has 1 aliphatic rings. The first kappa shape index (κ1) is 13.7. The van der Waals surface area contributed by atoms with E-state index < -0.39 is 0 Å². The molecular formula is C13H20N4O2. The number of nitro groups is 1. The maximum Gasteiger partial charge on any atom is 0.311 e. The molecule has 1 aliphatic carbocycles. The SMILES string of the molecule is Cc1ccc([N+](=O)[O-])c(N(C)C2CCCC2CN)n1. The number of nitrogens with two attached hydrogens (primary N) is 1. The predicted octanol–water partition coefficient (Wildman–Crippen LogP) is 1.86. The van der Waals surface area contributed by atoms with Crippen LogP contribution in [0.25, 0.3) is 0 Å². The number of aryl methyl sites for hydroxylation is 1. The van der Waals surface area contributed by atoms with Gasteiger partial charge in [-0.05, 0) is 38.3 Å². The minimum absolute atomic E-state index is 0.0655. The molecule has 19 heavy (non-hydrogen) atoms. The van der Waals surface area contributed by atoms with Crippen molar-refractivity contribution in [3.8, 4) is 0 Å². The van der Waals surface area contributed by atoms with Crippen LogP contribution in [0.2, 0.25) is 0 Å². The zero-order valence-electron chi connectivity index (χ0n) is 11.4. The molecule has 1 heterocycles. The molecule has 2 unspecified atom stereocenters. The highest BCUT2D eigenvalue weighted by Gasteiger charge is 2.32. The van der Waals surface area contributed by atoms with Crippen molar-refractivity contribution in [2.45, 2.75) is 32.2 Å². The first-order chi connectivity index (χ1) is 9.04. The lowest BCUT2D eigenvalue weighted by atomic mass is 10.0. The molecule has 2 N–H and O–H groups in total. The lowest BCUT2D eigenvalue weighted by Crippen LogP contribution is -2.38. The first-order valence-corrected chi connectivity index (χ1v) is 6.59. The standard InChI is InChI=1S/C13H20N4O2/c1-9-6-7-12(17(18)19)13(15-9)16(2)11-5-3-4-10(11)8-14/h6-7,10-11H,3-5,8,14H2,1-2H3. The van der Waals surface area contributed by atoms with Gasteiger partial charge in [-0.15, -0.1) is 0 Å². The minimum Gasteiger partial charge on any atom is -0.351 e. The summed E-state index contributed by atoms with van der Waals surface area (Å²) in [6.45, 7) is 2.46. The predicted molar refractivity (Wildman–Crippen MR) is 74.2 cm³/mol. The van der Waals surface area contributed by atoms with Gasteiger partial charge in [0.15, 0.2) is 0 Å². The molecule has 104 valence electrons. The van der Waals surface area contributed by atoms with E-state index in [2.05, 4.69) is 4.98 Å². The summed E-state index contributed by atoms with van der Waals surface area (Å²) in [5.41, 5.74) is 6.64. The van der Waals surface area contributed by atoms with Crippen LogP contribution in [0.3, 0.4) is 0 Å². The number of hydrogen-bond donors (Lipinski definition) is 1. The van der Waals surface area contributed by atoms with Crippen LogP contribution in [0.5, 0.6) is 0 Å². The third-order valence-electron chi connectivity index (χ3n) is 3.94. The average molecular weight is 264 g/mol. The maximum absolute atomic E-state index is 11.1. The van der Waals surface area contributed by atoms with Gasteiger partial charge in [-0.25, -0.2) is 4.98 Å². The largest absolute Gasteiger partial charge is 0.351 e. The summed E-state index contributed by atoms with van der Waals surface area (Å²) < 4.78 is 0. The van der Waals surface area contributed by atoms with Crippen LogP contribution < -0.4 is 10.6 Å². The summed E-state index contributed by atoms with van der Waals surface area (Å²) in [6.07, 6.45) is 3.23. The smallest absolute Gasteiger partial charge is 0.311 e. The molecule has 0 amide bonds. The van der Waals surface area contributed by atoms with Crippen molar-refractivity contribution < 1.29 is 4.92 Å². The molecule has 2 rings (SSSR count). The van der Waals surface area contributed by atoms with Crippen LogP contribution in [0, 0.1) is 23.0 Å². The third-order valence-corrected chi connectivity index (χ3v) is 3.94. The van der Waals surface area contributed by atoms with Crippen LogP contribution >= 0.6 is 0 Å². The van der Waals surface area contributed by atoms with E-state index in [-0.39, 0.29) is 16.7 Å². The van der Waals surface area contributed by atoms with Gasteiger partial charge in [0.25, 0.3) is 0 Å². The molecule has 1 fully saturated rings. The van der Waals surface area contributed by atoms with Crippen molar-refractivity contribution in [2.24, 2.45) is 11.7 Å². The average Bonchev–Trinajstić information content (AvgIpc) is 2.85. The molecule has 0 aromatic carbocycles. The molecule has 0 aliphatic heterocycles. The summed E-state index contributed by atoms with van der Waals surface area (Å²) in [6, 6.07) is 3.45. The maximum atomic E-state index is 11.1. The second kappa shape index (κ2) is 5.52. The fraction of sp³-hybridized carbons (Fsp3) is 0.615. The highest BCUT2D eigenvalue weighted by Crippen LogP contribution is 2.34. The van der Waals surface area contributed by atoms with Crippen LogP contribution in [-0.4, -0.2) is 29.5 Å². The van der Waals surface area contributed by atoms with E-state index in [4.69, 9.17) is 5.73 Å². The number of rotatable bonds is 4. The molecule has 2 atom stereocenters. The molecule has 1 aromatic rings. The van der Waals surface area contributed by atoms with Crippen molar-refractivity contribution in [2.75, 3.05) is 18.5 Å². The Balaban J connectivity index is 2.34. The number of hydrogen-bond acceptors (Lipinski definition) is 5. The molecule has 0 spiro atoms. The summed E-state index contributed by atoms with van der Waals surface area (Å²) >= 11 is 0. The second-order valence-corrected chi connectivity index (χ2v) is 5.16. The van der Waals surface area contributed by atoms with Gasteiger partial charge in [0.05, 0.1) is 4.92 Å². The Hall–Kier alpha value is -1.69. The fourth-order valence-corrected chi connectivity index (χ4v) is 2.90. The summed E-state index contributed by atoms with van der Waals surface area (Å²) in [7, 11) is 1.88. The lowest BCUT2D eigenvalue weighted by molar-refractivity contribution is -0.384. The molecule has 6 nitrogen and oxygen atoms in total. The number of anilines is 1. The topological polar surface area (TPSA) is 85.3 Å². The monoisotopic (exact) mass is 264 g/mol. The Labute approximate surface area is 112 Å². The molecule has 1 aromatic heterocycles. The summed E-state index contributed by atoms with van der Waals surface area (Å²) in [5.74, 6) is 0.849. The lowest BCUT2D eigenvalue weighted by Gasteiger charge is -2.29. The van der Waals surface area contributed by atoms with Crippen molar-refractivity contribution in [1.82, 2.24) is 4.98 Å². The molecule has 0 radical (unpaired) electrons. The summed E-state index contributed by atoms with van der Waals surface area (Å²) in [4.78, 5) is 17.0. The van der Waals surface area contributed by atoms with E-state index in [1.54, 1.807) is 6.07 Å². The Morgan fingerprint density at radius 2 is 2.26 bits per heavy atom. The van der Waals surface area contributed by atoms with Crippen molar-refractivity contribution in [1.29, 1.82) is 0 Å². The normalized spacial score (nSPS) is 22.5. The highest BCUT2D eigenvalue weighted by molar-refractivity contribution is 5.58. The molecule has 6 heteroatoms. The van der Waals surface area contributed by atoms with Crippen LogP contribution in [0.15, 0.2) is 12.1 Å². The van der Waals surface area contributed by atoms with Crippen molar-refractivity contribution in [3.63, 3.8) is 0 Å². The number of nitrogens with zero attached hydrogens (tertiary/aromatic N) is 3. The number of aromatic nitrogens is 1. The molecule has 0 bridgehead atoms. The van der Waals surface area contributed by atoms with Gasteiger partial charge in [-0.3, -0.25) is 10.1 Å². The van der Waals surface area contributed by atoms with E-state index >= 15 is 0 Å². The van der Waals surface area contributed by atoms with E-state index in [1.807, 2.05) is 18.9 Å². The highest BCUT2D eigenvalue weighted by atomic mass is 16.6. The van der Waals surface area contributed by atoms with E-state index in [9.17, 15) is 10.1 Å². The van der Waals surface area contributed by atoms with Gasteiger partial charge in [0.1, 0.15) is 0 Å². The van der Waals surface area contributed by atoms with Crippen LogP contribution in [0.4, 0.5) is 11.5 Å². The Bertz CT molecular complexity index is 478. The minimum atomic E-state index is -0.370. The van der Waals surface area contributed by atoms with Gasteiger partial charge < -0.3 is 10.6 Å². The van der Waals surface area contributed by atoms with Crippen molar-refractivity contribution >= 4 is 11.5 Å². The van der Waals surface area contributed by atoms with E-state index in [0.717, 1.165) is 25.0 Å². The van der Waals surface area contributed by atoms with E-state index in [0.29, 0.717) is 18.3 Å². The van der Waals surface area contributed by atoms with E-state index in [1.165, 1.54) is 6.07 Å². The molecule has 0 saturated heterocycles. The van der Waals surface area contributed by atoms with Gasteiger partial charge >= 0.3 is 5.69 Å². The zero-order valence-corrected chi connectivity index (χ0v) is 11.4. The zero-order chi connectivity index (χ0) is 14.0. The van der Waals surface area contributed by atoms with Gasteiger partial charge in [0.2, 0.25) is 5.82 Å². The fourth-order valence-electron chi connectivity index (χ4n) is 2.90. The van der Waals surface area contributed by atoms with Crippen molar-refractivity contribution in [3.05, 3.63) is 27.9 Å². The van der Waals surface area contributed by atoms with Gasteiger partial charge in [-0.1, -0.05) is 6.42 Å². The quantitative estimate of drug-likeness (QED) is 0.662. The number of pyridine rings is 1. The Morgan fingerprint density at radius 1 is 1.53 bits per heavy atom. The van der Waals surface area contributed by atoms with Crippen LogP contribution in [-0.2, 0) is 0 Å². The first-order valence-electron chi connectivity index (χ1n) is 6.59. The van der Waals surface area contributed by atoms with Gasteiger partial charge in [-0.2, -0.15) is 0 Å². The van der Waals surface area contributed by atoms with Gasteiger partial charge in [0, 0.05) is 24.8 Å². The second-order valence-electron chi connectivity index (χ2n) is 5.16.